The highest BCUT2D eigenvalue weighted by Crippen LogP contribution is 2.61. The molecule has 0 aliphatic carbocycles. The Morgan fingerprint density at radius 2 is 1.79 bits per heavy atom. The van der Waals surface area contributed by atoms with E-state index < -0.39 is 60.1 Å². The van der Waals surface area contributed by atoms with Gasteiger partial charge in [0, 0.05) is 45.8 Å². The van der Waals surface area contributed by atoms with Gasteiger partial charge in [0.05, 0.1) is 23.2 Å². The minimum absolute atomic E-state index is 0.0592. The van der Waals surface area contributed by atoms with E-state index in [9.17, 15) is 14.4 Å². The SMILES string of the molecule is C=CCOC(=O)[C@@H]1[C@H](C(=O)N(C)c2cc(Cl)cc(Cl)c2)[C@@H]2CC(F)(F)CN2[C@@]12C(=O)Nc1c(Cl)cc(Cl)cc12. The minimum atomic E-state index is -3.25. The number of carbonyl (C=O) groups is 3. The molecule has 39 heavy (non-hydrogen) atoms. The van der Waals surface area contributed by atoms with Gasteiger partial charge < -0.3 is 15.0 Å². The second-order valence-corrected chi connectivity index (χ2v) is 11.4. The van der Waals surface area contributed by atoms with Crippen LogP contribution in [0.3, 0.4) is 0 Å². The first-order chi connectivity index (χ1) is 18.3. The average molecular weight is 619 g/mol. The summed E-state index contributed by atoms with van der Waals surface area (Å²) in [5, 5.41) is 3.30. The van der Waals surface area contributed by atoms with Crippen LogP contribution >= 0.6 is 46.4 Å². The molecule has 0 saturated carbocycles. The fourth-order valence-corrected chi connectivity index (χ4v) is 7.14. The number of hydrogen-bond donors (Lipinski definition) is 1. The van der Waals surface area contributed by atoms with Crippen molar-refractivity contribution in [1.82, 2.24) is 4.90 Å². The Labute approximate surface area is 242 Å². The van der Waals surface area contributed by atoms with Crippen molar-refractivity contribution in [3.05, 3.63) is 68.6 Å². The number of ether oxygens (including phenoxy) is 1. The van der Waals surface area contributed by atoms with Gasteiger partial charge in [-0.05, 0) is 30.3 Å². The van der Waals surface area contributed by atoms with Gasteiger partial charge in [-0.1, -0.05) is 59.1 Å². The summed E-state index contributed by atoms with van der Waals surface area (Å²) >= 11 is 24.9. The number of rotatable bonds is 5. The number of amides is 2. The molecule has 0 radical (unpaired) electrons. The normalized spacial score (nSPS) is 26.7. The van der Waals surface area contributed by atoms with Crippen LogP contribution in [0.25, 0.3) is 0 Å². The molecule has 2 saturated heterocycles. The summed E-state index contributed by atoms with van der Waals surface area (Å²) in [6.45, 7) is 2.43. The molecule has 2 aromatic rings. The summed E-state index contributed by atoms with van der Waals surface area (Å²) < 4.78 is 35.5. The maximum Gasteiger partial charge on any atom is 0.312 e. The van der Waals surface area contributed by atoms with Crippen molar-refractivity contribution >= 4 is 75.6 Å². The highest BCUT2D eigenvalue weighted by Gasteiger charge is 2.75. The lowest BCUT2D eigenvalue weighted by Gasteiger charge is -2.36. The van der Waals surface area contributed by atoms with Crippen LogP contribution in [-0.4, -0.2) is 54.8 Å². The van der Waals surface area contributed by atoms with Crippen LogP contribution in [0.2, 0.25) is 20.1 Å². The third-order valence-corrected chi connectivity index (χ3v) is 8.44. The first-order valence-corrected chi connectivity index (χ1v) is 13.3. The van der Waals surface area contributed by atoms with Gasteiger partial charge >= 0.3 is 5.97 Å². The Morgan fingerprint density at radius 1 is 1.15 bits per heavy atom. The van der Waals surface area contributed by atoms with Gasteiger partial charge in [-0.2, -0.15) is 0 Å². The number of anilines is 2. The van der Waals surface area contributed by atoms with Gasteiger partial charge in [-0.3, -0.25) is 19.3 Å². The number of fused-ring (bicyclic) bond motifs is 4. The first kappa shape index (κ1) is 28.1. The molecule has 2 amide bonds. The molecule has 2 aromatic carbocycles. The van der Waals surface area contributed by atoms with Crippen LogP contribution in [0.4, 0.5) is 20.2 Å². The zero-order valence-electron chi connectivity index (χ0n) is 20.3. The number of nitrogens with one attached hydrogen (secondary N) is 1. The van der Waals surface area contributed by atoms with E-state index in [0.29, 0.717) is 0 Å². The fourth-order valence-electron chi connectivity index (χ4n) is 6.08. The summed E-state index contributed by atoms with van der Waals surface area (Å²) in [6, 6.07) is 5.99. The quantitative estimate of drug-likeness (QED) is 0.339. The number of nitrogens with zero attached hydrogens (tertiary/aromatic N) is 2. The largest absolute Gasteiger partial charge is 0.461 e. The summed E-state index contributed by atoms with van der Waals surface area (Å²) in [7, 11) is 1.41. The maximum atomic E-state index is 15.0. The lowest BCUT2D eigenvalue weighted by molar-refractivity contribution is -0.158. The average Bonchev–Trinajstić information content (AvgIpc) is 3.42. The van der Waals surface area contributed by atoms with E-state index in [1.807, 2.05) is 0 Å². The Hall–Kier alpha value is -2.43. The van der Waals surface area contributed by atoms with E-state index in [4.69, 9.17) is 51.1 Å². The predicted octanol–water partition coefficient (Wildman–Crippen LogP) is 5.80. The number of carbonyl (C=O) groups excluding carboxylic acids is 3. The van der Waals surface area contributed by atoms with E-state index in [-0.39, 0.29) is 43.6 Å². The number of alkyl halides is 2. The van der Waals surface area contributed by atoms with Crippen molar-refractivity contribution in [3.8, 4) is 0 Å². The zero-order chi connectivity index (χ0) is 28.4. The van der Waals surface area contributed by atoms with E-state index >= 15 is 8.78 Å². The van der Waals surface area contributed by atoms with Gasteiger partial charge in [0.2, 0.25) is 5.91 Å². The van der Waals surface area contributed by atoms with Crippen molar-refractivity contribution in [2.75, 3.05) is 30.4 Å². The monoisotopic (exact) mass is 617 g/mol. The molecule has 3 aliphatic rings. The van der Waals surface area contributed by atoms with Gasteiger partial charge in [0.1, 0.15) is 18.1 Å². The number of hydrogen-bond acceptors (Lipinski definition) is 5. The number of esters is 1. The molecule has 206 valence electrons. The Bertz CT molecular complexity index is 1400. The van der Waals surface area contributed by atoms with Crippen LogP contribution in [0.1, 0.15) is 12.0 Å². The summed E-state index contributed by atoms with van der Waals surface area (Å²) in [6.07, 6.45) is 0.555. The van der Waals surface area contributed by atoms with Crippen LogP contribution in [0.5, 0.6) is 0 Å². The van der Waals surface area contributed by atoms with Gasteiger partial charge in [0.15, 0.2) is 0 Å². The molecule has 0 bridgehead atoms. The smallest absolute Gasteiger partial charge is 0.312 e. The molecule has 3 heterocycles. The fraction of sp³-hybridized carbons (Fsp3) is 0.346. The second-order valence-electron chi connectivity index (χ2n) is 9.73. The van der Waals surface area contributed by atoms with Crippen LogP contribution in [0.15, 0.2) is 43.0 Å². The maximum absolute atomic E-state index is 15.0. The molecule has 13 heteroatoms. The topological polar surface area (TPSA) is 79.0 Å². The van der Waals surface area contributed by atoms with E-state index in [1.54, 1.807) is 0 Å². The summed E-state index contributed by atoms with van der Waals surface area (Å²) in [5.41, 5.74) is -1.52. The highest BCUT2D eigenvalue weighted by atomic mass is 35.5. The molecule has 2 fully saturated rings. The number of halogens is 6. The van der Waals surface area contributed by atoms with Crippen molar-refractivity contribution in [2.45, 2.75) is 23.9 Å². The van der Waals surface area contributed by atoms with E-state index in [1.165, 1.54) is 53.3 Å². The Morgan fingerprint density at radius 3 is 2.44 bits per heavy atom. The standard InChI is InChI=1S/C26H21Cl4F2N3O4/c1-3-4-39-23(37)20-19(22(36)34(2)15-6-12(27)5-13(28)7-15)18-10-25(31,32)11-35(18)26(20)16-8-14(29)9-17(30)21(16)33-24(26)38/h3,5-9,18-20H,1,4,10-11H2,2H3,(H,33,38)/t18-,19+,20-,26+/m0/s1. The minimum Gasteiger partial charge on any atom is -0.461 e. The molecule has 1 spiro atoms. The van der Waals surface area contributed by atoms with Crippen LogP contribution < -0.4 is 10.2 Å². The Balaban J connectivity index is 1.73. The molecular weight excluding hydrogens is 598 g/mol. The molecule has 0 aromatic heterocycles. The van der Waals surface area contributed by atoms with E-state index in [0.717, 1.165) is 0 Å². The molecular formula is C26H21Cl4F2N3O4. The van der Waals surface area contributed by atoms with Crippen LogP contribution in [0, 0.1) is 11.8 Å². The van der Waals surface area contributed by atoms with Gasteiger partial charge in [0.25, 0.3) is 11.8 Å². The third-order valence-electron chi connectivity index (χ3n) is 7.48. The third kappa shape index (κ3) is 4.39. The van der Waals surface area contributed by atoms with Crippen molar-refractivity contribution < 1.29 is 27.9 Å². The lowest BCUT2D eigenvalue weighted by Crippen LogP contribution is -2.54. The zero-order valence-corrected chi connectivity index (χ0v) is 23.3. The molecule has 3 aliphatic heterocycles. The van der Waals surface area contributed by atoms with Crippen molar-refractivity contribution in [2.24, 2.45) is 11.8 Å². The summed E-state index contributed by atoms with van der Waals surface area (Å²) in [5.74, 6) is -8.62. The van der Waals surface area contributed by atoms with Crippen molar-refractivity contribution in [3.63, 3.8) is 0 Å². The molecule has 0 unspecified atom stereocenters. The lowest BCUT2D eigenvalue weighted by atomic mass is 9.73. The first-order valence-electron chi connectivity index (χ1n) is 11.8. The molecule has 1 N–H and O–H groups in total. The second kappa shape index (κ2) is 9.89. The highest BCUT2D eigenvalue weighted by molar-refractivity contribution is 6.38. The predicted molar refractivity (Wildman–Crippen MR) is 145 cm³/mol. The van der Waals surface area contributed by atoms with Crippen LogP contribution in [-0.2, 0) is 24.7 Å². The van der Waals surface area contributed by atoms with Gasteiger partial charge in [-0.15, -0.1) is 0 Å². The van der Waals surface area contributed by atoms with E-state index in [2.05, 4.69) is 11.9 Å². The van der Waals surface area contributed by atoms with Gasteiger partial charge in [-0.25, -0.2) is 8.78 Å². The number of benzene rings is 2. The molecule has 7 nitrogen and oxygen atoms in total. The molecule has 5 rings (SSSR count). The van der Waals surface area contributed by atoms with Crippen molar-refractivity contribution in [1.29, 1.82) is 0 Å². The summed E-state index contributed by atoms with van der Waals surface area (Å²) in [4.78, 5) is 44.2. The molecule has 4 atom stereocenters. The Kier molecular flexibility index (Phi) is 7.13.